The van der Waals surface area contributed by atoms with Gasteiger partial charge in [0.05, 0.1) is 13.2 Å². The molecular formula is C14H22O4Si. The average Bonchev–Trinajstić information content (AvgIpc) is 3.07. The first-order valence-corrected chi connectivity index (χ1v) is 9.94. The molecule has 0 radical (unpaired) electrons. The van der Waals surface area contributed by atoms with Crippen molar-refractivity contribution in [1.29, 1.82) is 0 Å². The van der Waals surface area contributed by atoms with Crippen molar-refractivity contribution >= 4 is 8.32 Å². The van der Waals surface area contributed by atoms with Crippen molar-refractivity contribution in [2.45, 2.75) is 38.5 Å². The molecule has 5 heteroatoms. The van der Waals surface area contributed by atoms with E-state index in [1.165, 1.54) is 0 Å². The zero-order chi connectivity index (χ0) is 13.9. The number of hydrogen-bond acceptors (Lipinski definition) is 4. The number of hydrogen-bond donors (Lipinski definition) is 0. The molecule has 106 valence electrons. The molecule has 2 unspecified atom stereocenters. The minimum absolute atomic E-state index is 0.157. The Hall–Kier alpha value is -0.723. The van der Waals surface area contributed by atoms with Crippen LogP contribution in [0.25, 0.3) is 0 Å². The molecule has 19 heavy (non-hydrogen) atoms. The predicted molar refractivity (Wildman–Crippen MR) is 75.0 cm³/mol. The van der Waals surface area contributed by atoms with Gasteiger partial charge in [-0.2, -0.15) is 0 Å². The fraction of sp³-hybridized carbons (Fsp3) is 0.571. The van der Waals surface area contributed by atoms with Gasteiger partial charge in [-0.05, 0) is 26.6 Å². The van der Waals surface area contributed by atoms with Crippen LogP contribution in [-0.4, -0.2) is 27.1 Å². The van der Waals surface area contributed by atoms with Crippen LogP contribution in [0.15, 0.2) is 30.3 Å². The summed E-state index contributed by atoms with van der Waals surface area (Å²) in [6.45, 7) is 9.47. The third kappa shape index (κ3) is 5.04. The van der Waals surface area contributed by atoms with Gasteiger partial charge in [0.25, 0.3) is 0 Å². The minimum atomic E-state index is -1.75. The zero-order valence-electron chi connectivity index (χ0n) is 12.0. The Bertz CT molecular complexity index is 388. The molecule has 4 nitrogen and oxygen atoms in total. The lowest BCUT2D eigenvalue weighted by Gasteiger charge is -2.23. The minimum Gasteiger partial charge on any atom is -0.367 e. The fourth-order valence-corrected chi connectivity index (χ4v) is 1.81. The normalized spacial score (nSPS) is 24.2. The van der Waals surface area contributed by atoms with Crippen LogP contribution in [0.4, 0.5) is 0 Å². The van der Waals surface area contributed by atoms with Crippen LogP contribution in [0.2, 0.25) is 19.6 Å². The van der Waals surface area contributed by atoms with E-state index in [0.29, 0.717) is 6.61 Å². The van der Waals surface area contributed by atoms with E-state index in [9.17, 15) is 0 Å². The first-order chi connectivity index (χ1) is 8.88. The summed E-state index contributed by atoms with van der Waals surface area (Å²) in [5.74, 6) is 0. The number of epoxide rings is 1. The largest absolute Gasteiger partial charge is 0.367 e. The van der Waals surface area contributed by atoms with Crippen molar-refractivity contribution in [1.82, 2.24) is 0 Å². The first-order valence-electron chi connectivity index (χ1n) is 6.53. The van der Waals surface area contributed by atoms with Gasteiger partial charge in [-0.15, -0.1) is 0 Å². The second kappa shape index (κ2) is 5.72. The maximum Gasteiger partial charge on any atom is 0.230 e. The summed E-state index contributed by atoms with van der Waals surface area (Å²) < 4.78 is 16.6. The lowest BCUT2D eigenvalue weighted by Crippen LogP contribution is -2.28. The van der Waals surface area contributed by atoms with Crippen LogP contribution in [0.3, 0.4) is 0 Å². The van der Waals surface area contributed by atoms with Gasteiger partial charge >= 0.3 is 0 Å². The molecule has 0 bridgehead atoms. The lowest BCUT2D eigenvalue weighted by atomic mass is 10.2. The predicted octanol–water partition coefficient (Wildman–Crippen LogP) is 3.27. The molecule has 1 aliphatic heterocycles. The van der Waals surface area contributed by atoms with E-state index in [4.69, 9.17) is 18.9 Å². The highest BCUT2D eigenvalue weighted by Gasteiger charge is 2.40. The van der Waals surface area contributed by atoms with Gasteiger partial charge in [-0.25, -0.2) is 4.89 Å². The molecule has 1 aromatic carbocycles. The van der Waals surface area contributed by atoms with Crippen LogP contribution in [0, 0.1) is 0 Å². The molecule has 0 aliphatic carbocycles. The molecule has 2 atom stereocenters. The number of rotatable bonds is 7. The average molecular weight is 282 g/mol. The Morgan fingerprint density at radius 1 is 1.26 bits per heavy atom. The Kier molecular flexibility index (Phi) is 4.42. The van der Waals surface area contributed by atoms with Crippen molar-refractivity contribution < 1.29 is 18.9 Å². The van der Waals surface area contributed by atoms with Crippen LogP contribution in [-0.2, 0) is 18.9 Å². The molecule has 0 saturated carbocycles. The van der Waals surface area contributed by atoms with E-state index in [0.717, 1.165) is 12.2 Å². The van der Waals surface area contributed by atoms with Gasteiger partial charge in [0.1, 0.15) is 5.60 Å². The maximum atomic E-state index is 5.80. The van der Waals surface area contributed by atoms with Crippen LogP contribution in [0.1, 0.15) is 18.8 Å². The molecule has 0 spiro atoms. The highest BCUT2D eigenvalue weighted by molar-refractivity contribution is 6.69. The quantitative estimate of drug-likeness (QED) is 0.253. The van der Waals surface area contributed by atoms with Gasteiger partial charge in [0, 0.05) is 5.56 Å². The summed E-state index contributed by atoms with van der Waals surface area (Å²) in [5.41, 5.74) is 0.792. The van der Waals surface area contributed by atoms with Crippen LogP contribution < -0.4 is 0 Å². The van der Waals surface area contributed by atoms with Gasteiger partial charge in [0.15, 0.2) is 0 Å². The number of ether oxygens (including phenoxy) is 2. The molecule has 0 aromatic heterocycles. The van der Waals surface area contributed by atoms with Gasteiger partial charge in [-0.1, -0.05) is 30.3 Å². The molecule has 2 rings (SSSR count). The zero-order valence-corrected chi connectivity index (χ0v) is 13.0. The Balaban J connectivity index is 1.96. The van der Waals surface area contributed by atoms with Gasteiger partial charge in [0.2, 0.25) is 14.6 Å². The van der Waals surface area contributed by atoms with Crippen LogP contribution in [0.5, 0.6) is 0 Å². The molecule has 0 amide bonds. The Morgan fingerprint density at radius 2 is 1.89 bits per heavy atom. The number of benzene rings is 1. The summed E-state index contributed by atoms with van der Waals surface area (Å²) in [5, 5.41) is 0. The summed E-state index contributed by atoms with van der Waals surface area (Å²) in [6.07, 6.45) is -0.506. The van der Waals surface area contributed by atoms with Crippen LogP contribution >= 0.6 is 0 Å². The monoisotopic (exact) mass is 282 g/mol. The van der Waals surface area contributed by atoms with E-state index >= 15 is 0 Å². The third-order valence-corrected chi connectivity index (χ3v) is 3.23. The lowest BCUT2D eigenvalue weighted by molar-refractivity contribution is -0.334. The standard InChI is InChI=1S/C14H22O4Si/c1-14(11-16-14)10-15-13(17-18-19(2,3)4)12-8-6-5-7-9-12/h5-9,13H,10-11H2,1-4H3. The summed E-state index contributed by atoms with van der Waals surface area (Å²) in [6, 6.07) is 9.81. The summed E-state index contributed by atoms with van der Waals surface area (Å²) in [4.78, 5) is 5.50. The Labute approximate surface area is 115 Å². The van der Waals surface area contributed by atoms with E-state index in [1.807, 2.05) is 37.3 Å². The van der Waals surface area contributed by atoms with E-state index in [1.54, 1.807) is 0 Å². The van der Waals surface area contributed by atoms with Crippen molar-refractivity contribution in [2.75, 3.05) is 13.2 Å². The van der Waals surface area contributed by atoms with Crippen molar-refractivity contribution in [3.8, 4) is 0 Å². The van der Waals surface area contributed by atoms with E-state index in [2.05, 4.69) is 19.6 Å². The fourth-order valence-electron chi connectivity index (χ4n) is 1.44. The van der Waals surface area contributed by atoms with E-state index in [-0.39, 0.29) is 5.60 Å². The van der Waals surface area contributed by atoms with E-state index < -0.39 is 14.6 Å². The molecule has 1 heterocycles. The topological polar surface area (TPSA) is 40.2 Å². The highest BCUT2D eigenvalue weighted by Crippen LogP contribution is 2.29. The molecule has 0 N–H and O–H groups in total. The summed E-state index contributed by atoms with van der Waals surface area (Å²) >= 11 is 0. The highest BCUT2D eigenvalue weighted by atomic mass is 28.4. The SMILES string of the molecule is CC1(COC(OO[Si](C)(C)C)c2ccccc2)CO1. The van der Waals surface area contributed by atoms with Crippen molar-refractivity contribution in [3.63, 3.8) is 0 Å². The molecule has 1 aliphatic rings. The third-order valence-electron chi connectivity index (χ3n) is 2.63. The Morgan fingerprint density at radius 3 is 2.42 bits per heavy atom. The van der Waals surface area contributed by atoms with Crippen molar-refractivity contribution in [2.24, 2.45) is 0 Å². The van der Waals surface area contributed by atoms with Gasteiger partial charge in [-0.3, -0.25) is 4.58 Å². The molecule has 1 aromatic rings. The second-order valence-electron chi connectivity index (χ2n) is 6.08. The smallest absolute Gasteiger partial charge is 0.230 e. The molecule has 1 fully saturated rings. The van der Waals surface area contributed by atoms with Gasteiger partial charge < -0.3 is 9.47 Å². The molecular weight excluding hydrogens is 260 g/mol. The van der Waals surface area contributed by atoms with Crippen molar-refractivity contribution in [3.05, 3.63) is 35.9 Å². The summed E-state index contributed by atoms with van der Waals surface area (Å²) in [7, 11) is -1.75. The molecule has 1 saturated heterocycles. The second-order valence-corrected chi connectivity index (χ2v) is 10.5. The maximum absolute atomic E-state index is 5.80. The first kappa shape index (κ1) is 14.7.